The first-order chi connectivity index (χ1) is 18.1. The highest BCUT2D eigenvalue weighted by molar-refractivity contribution is 5.97. The highest BCUT2D eigenvalue weighted by Gasteiger charge is 2.22. The van der Waals surface area contributed by atoms with Gasteiger partial charge in [0.25, 0.3) is 5.91 Å². The van der Waals surface area contributed by atoms with Gasteiger partial charge in [-0.05, 0) is 47.0 Å². The average molecular weight is 496 g/mol. The van der Waals surface area contributed by atoms with Gasteiger partial charge < -0.3 is 19.5 Å². The van der Waals surface area contributed by atoms with Crippen molar-refractivity contribution in [2.75, 3.05) is 7.11 Å². The fraction of sp³-hybridized carbons (Fsp3) is 0.161. The first-order valence-electron chi connectivity index (χ1n) is 12.0. The van der Waals surface area contributed by atoms with Gasteiger partial charge in [0.05, 0.1) is 7.11 Å². The fourth-order valence-electron chi connectivity index (χ4n) is 3.79. The summed E-state index contributed by atoms with van der Waals surface area (Å²) in [7, 11) is 1.31. The molecule has 0 unspecified atom stereocenters. The third-order valence-corrected chi connectivity index (χ3v) is 5.72. The number of carbonyl (C=O) groups excluding carboxylic acids is 2. The highest BCUT2D eigenvalue weighted by Crippen LogP contribution is 2.19. The number of esters is 1. The zero-order valence-corrected chi connectivity index (χ0v) is 20.6. The Morgan fingerprint density at radius 2 is 1.24 bits per heavy atom. The van der Waals surface area contributed by atoms with Gasteiger partial charge in [-0.15, -0.1) is 0 Å². The quantitative estimate of drug-likeness (QED) is 0.284. The third kappa shape index (κ3) is 7.70. The molecule has 37 heavy (non-hydrogen) atoms. The molecule has 0 heterocycles. The molecule has 4 rings (SSSR count). The van der Waals surface area contributed by atoms with Crippen LogP contribution < -0.4 is 14.8 Å². The van der Waals surface area contributed by atoms with Crippen molar-refractivity contribution in [3.63, 3.8) is 0 Å². The highest BCUT2D eigenvalue weighted by atomic mass is 16.5. The maximum atomic E-state index is 12.9. The van der Waals surface area contributed by atoms with Crippen LogP contribution in [0.15, 0.2) is 109 Å². The first-order valence-corrected chi connectivity index (χ1v) is 12.0. The number of hydrogen-bond acceptors (Lipinski definition) is 5. The monoisotopic (exact) mass is 495 g/mol. The number of nitrogens with one attached hydrogen (secondary N) is 1. The van der Waals surface area contributed by atoms with Crippen LogP contribution in [0.1, 0.15) is 27.0 Å². The molecular weight excluding hydrogens is 466 g/mol. The van der Waals surface area contributed by atoms with Crippen LogP contribution in [0.25, 0.3) is 0 Å². The van der Waals surface area contributed by atoms with E-state index in [-0.39, 0.29) is 5.91 Å². The molecule has 0 spiro atoms. The van der Waals surface area contributed by atoms with Gasteiger partial charge in [-0.1, -0.05) is 78.9 Å². The molecule has 6 heteroatoms. The van der Waals surface area contributed by atoms with Crippen LogP contribution in [0.5, 0.6) is 11.5 Å². The molecule has 0 aliphatic heterocycles. The van der Waals surface area contributed by atoms with E-state index < -0.39 is 12.0 Å². The second kappa shape index (κ2) is 12.9. The lowest BCUT2D eigenvalue weighted by atomic mass is 10.1. The lowest BCUT2D eigenvalue weighted by molar-refractivity contribution is -0.142. The average Bonchev–Trinajstić information content (AvgIpc) is 2.95. The van der Waals surface area contributed by atoms with Crippen molar-refractivity contribution in [2.24, 2.45) is 0 Å². The van der Waals surface area contributed by atoms with Crippen LogP contribution in [-0.2, 0) is 29.2 Å². The van der Waals surface area contributed by atoms with E-state index in [1.807, 2.05) is 84.9 Å². The summed E-state index contributed by atoms with van der Waals surface area (Å²) in [4.78, 5) is 25.2. The lowest BCUT2D eigenvalue weighted by Gasteiger charge is -2.17. The zero-order valence-electron chi connectivity index (χ0n) is 20.6. The Hall–Kier alpha value is -4.58. The molecule has 0 fully saturated rings. The van der Waals surface area contributed by atoms with E-state index >= 15 is 0 Å². The van der Waals surface area contributed by atoms with E-state index in [2.05, 4.69) is 5.32 Å². The molecule has 6 nitrogen and oxygen atoms in total. The molecule has 188 valence electrons. The van der Waals surface area contributed by atoms with Crippen molar-refractivity contribution >= 4 is 11.9 Å². The molecular formula is C31H29NO5. The third-order valence-electron chi connectivity index (χ3n) is 5.72. The molecule has 0 saturated heterocycles. The molecule has 4 aromatic carbocycles. The Balaban J connectivity index is 1.36. The molecule has 1 N–H and O–H groups in total. The molecule has 0 aliphatic rings. The van der Waals surface area contributed by atoms with Crippen LogP contribution in [0, 0.1) is 0 Å². The Bertz CT molecular complexity index is 1310. The molecule has 0 aliphatic carbocycles. The van der Waals surface area contributed by atoms with Crippen LogP contribution in [0.4, 0.5) is 0 Å². The smallest absolute Gasteiger partial charge is 0.328 e. The maximum Gasteiger partial charge on any atom is 0.328 e. The van der Waals surface area contributed by atoms with Crippen molar-refractivity contribution in [1.29, 1.82) is 0 Å². The van der Waals surface area contributed by atoms with Gasteiger partial charge in [0.1, 0.15) is 30.8 Å². The summed E-state index contributed by atoms with van der Waals surface area (Å²) in [5.41, 5.74) is 3.34. The van der Waals surface area contributed by atoms with Crippen molar-refractivity contribution in [2.45, 2.75) is 25.7 Å². The molecule has 0 radical (unpaired) electrons. The molecule has 0 aromatic heterocycles. The van der Waals surface area contributed by atoms with E-state index in [4.69, 9.17) is 14.2 Å². The summed E-state index contributed by atoms with van der Waals surface area (Å²) in [6, 6.07) is 33.2. The van der Waals surface area contributed by atoms with E-state index in [0.29, 0.717) is 30.9 Å². The van der Waals surface area contributed by atoms with Gasteiger partial charge in [-0.3, -0.25) is 4.79 Å². The van der Waals surface area contributed by atoms with Gasteiger partial charge in [0.15, 0.2) is 0 Å². The number of carbonyl (C=O) groups is 2. The molecule has 0 bridgehead atoms. The van der Waals surface area contributed by atoms with E-state index in [9.17, 15) is 9.59 Å². The second-order valence-corrected chi connectivity index (χ2v) is 8.48. The predicted molar refractivity (Wildman–Crippen MR) is 141 cm³/mol. The molecule has 4 aromatic rings. The Morgan fingerprint density at radius 1 is 0.676 bits per heavy atom. The lowest BCUT2D eigenvalue weighted by Crippen LogP contribution is -2.43. The number of amides is 1. The van der Waals surface area contributed by atoms with Gasteiger partial charge in [0.2, 0.25) is 0 Å². The normalized spacial score (nSPS) is 11.3. The summed E-state index contributed by atoms with van der Waals surface area (Å²) < 4.78 is 16.7. The van der Waals surface area contributed by atoms with Gasteiger partial charge in [0, 0.05) is 12.0 Å². The van der Waals surface area contributed by atoms with Crippen molar-refractivity contribution in [3.05, 3.63) is 131 Å². The van der Waals surface area contributed by atoms with E-state index in [0.717, 1.165) is 22.4 Å². The van der Waals surface area contributed by atoms with E-state index in [1.54, 1.807) is 24.3 Å². The van der Waals surface area contributed by atoms with Crippen LogP contribution in [0.3, 0.4) is 0 Å². The molecule has 1 atom stereocenters. The summed E-state index contributed by atoms with van der Waals surface area (Å²) >= 11 is 0. The predicted octanol–water partition coefficient (Wildman–Crippen LogP) is 5.36. The summed E-state index contributed by atoms with van der Waals surface area (Å²) in [6.45, 7) is 0.797. The first kappa shape index (κ1) is 25.5. The second-order valence-electron chi connectivity index (χ2n) is 8.48. The Labute approximate surface area is 216 Å². The number of benzene rings is 4. The van der Waals surface area contributed by atoms with Crippen LogP contribution in [0.2, 0.25) is 0 Å². The maximum absolute atomic E-state index is 12.9. The number of ether oxygens (including phenoxy) is 3. The number of hydrogen-bond donors (Lipinski definition) is 1. The number of rotatable bonds is 11. The van der Waals surface area contributed by atoms with E-state index in [1.165, 1.54) is 7.11 Å². The van der Waals surface area contributed by atoms with Crippen molar-refractivity contribution < 1.29 is 23.8 Å². The van der Waals surface area contributed by atoms with Crippen LogP contribution in [-0.4, -0.2) is 25.0 Å². The Morgan fingerprint density at radius 3 is 1.92 bits per heavy atom. The van der Waals surface area contributed by atoms with Crippen LogP contribution >= 0.6 is 0 Å². The minimum absolute atomic E-state index is 0.312. The number of methoxy groups -OCH3 is 1. The fourth-order valence-corrected chi connectivity index (χ4v) is 3.79. The van der Waals surface area contributed by atoms with Gasteiger partial charge in [-0.2, -0.15) is 0 Å². The summed E-state index contributed by atoms with van der Waals surface area (Å²) in [5, 5.41) is 2.78. The summed E-state index contributed by atoms with van der Waals surface area (Å²) in [5.74, 6) is 0.415. The largest absolute Gasteiger partial charge is 0.489 e. The zero-order chi connectivity index (χ0) is 25.9. The summed E-state index contributed by atoms with van der Waals surface area (Å²) in [6.07, 6.45) is 0.331. The van der Waals surface area contributed by atoms with Crippen molar-refractivity contribution in [3.8, 4) is 11.5 Å². The van der Waals surface area contributed by atoms with Crippen molar-refractivity contribution in [1.82, 2.24) is 5.32 Å². The van der Waals surface area contributed by atoms with Gasteiger partial charge >= 0.3 is 5.97 Å². The SMILES string of the molecule is COC(=O)[C@H](Cc1ccccc1)NC(=O)c1cccc(OCc2cccc(OCc3ccccc3)c2)c1. The topological polar surface area (TPSA) is 73.9 Å². The molecule has 1 amide bonds. The molecule has 0 saturated carbocycles. The minimum Gasteiger partial charge on any atom is -0.489 e. The van der Waals surface area contributed by atoms with Gasteiger partial charge in [-0.25, -0.2) is 4.79 Å². The minimum atomic E-state index is -0.803. The standard InChI is InChI=1S/C31H29NO5/c1-35-31(34)29(19-23-10-4-2-5-11-23)32-30(33)26-15-9-17-28(20-26)37-22-25-14-8-16-27(18-25)36-21-24-12-6-3-7-13-24/h2-18,20,29H,19,21-22H2,1H3,(H,32,33)/t29-/m0/s1. The Kier molecular flexibility index (Phi) is 8.92.